The molecule has 0 spiro atoms. The van der Waals surface area contributed by atoms with Gasteiger partial charge in [0.25, 0.3) is 0 Å². The highest BCUT2D eigenvalue weighted by Crippen LogP contribution is 2.23. The van der Waals surface area contributed by atoms with Crippen molar-refractivity contribution in [2.45, 2.75) is 84.5 Å². The van der Waals surface area contributed by atoms with Gasteiger partial charge in [0.1, 0.15) is 17.7 Å². The number of benzene rings is 1. The lowest BCUT2D eigenvalue weighted by molar-refractivity contribution is -0.141. The lowest BCUT2D eigenvalue weighted by Crippen LogP contribution is -2.53. The molecular weight excluding hydrogens is 438 g/mol. The van der Waals surface area contributed by atoms with Crippen molar-refractivity contribution >= 4 is 29.7 Å². The van der Waals surface area contributed by atoms with Crippen LogP contribution in [0, 0.1) is 0 Å². The number of hydrogen-bond donors (Lipinski definition) is 2. The molecule has 3 amide bonds. The van der Waals surface area contributed by atoms with E-state index in [1.54, 1.807) is 39.6 Å². The summed E-state index contributed by atoms with van der Waals surface area (Å²) < 4.78 is 5.36. The molecule has 2 atom stereocenters. The number of carbonyl (C=O) groups excluding carboxylic acids is 3. The minimum absolute atomic E-state index is 0.275. The minimum Gasteiger partial charge on any atom is -0.444 e. The smallest absolute Gasteiger partial charge is 0.408 e. The van der Waals surface area contributed by atoms with Gasteiger partial charge in [-0.1, -0.05) is 31.2 Å². The van der Waals surface area contributed by atoms with Crippen molar-refractivity contribution in [2.75, 3.05) is 19.1 Å². The molecule has 0 aliphatic rings. The van der Waals surface area contributed by atoms with Crippen LogP contribution in [0.5, 0.6) is 0 Å². The molecule has 0 aliphatic heterocycles. The van der Waals surface area contributed by atoms with Crippen LogP contribution in [0.3, 0.4) is 0 Å². The summed E-state index contributed by atoms with van der Waals surface area (Å²) in [6.07, 6.45) is 2.59. The van der Waals surface area contributed by atoms with E-state index in [9.17, 15) is 14.4 Å². The van der Waals surface area contributed by atoms with Gasteiger partial charge in [0.15, 0.2) is 0 Å². The van der Waals surface area contributed by atoms with Crippen LogP contribution < -0.4 is 10.6 Å². The highest BCUT2D eigenvalue weighted by Gasteiger charge is 2.35. The lowest BCUT2D eigenvalue weighted by atomic mass is 9.99. The zero-order valence-corrected chi connectivity index (χ0v) is 22.4. The van der Waals surface area contributed by atoms with E-state index in [1.807, 2.05) is 51.3 Å². The first-order valence-electron chi connectivity index (χ1n) is 11.3. The molecule has 33 heavy (non-hydrogen) atoms. The molecule has 0 saturated carbocycles. The van der Waals surface area contributed by atoms with Crippen LogP contribution in [0.2, 0.25) is 0 Å². The average Bonchev–Trinajstić information content (AvgIpc) is 2.68. The fraction of sp³-hybridized carbons (Fsp3) is 0.640. The van der Waals surface area contributed by atoms with Crippen molar-refractivity contribution in [3.05, 3.63) is 35.4 Å². The monoisotopic (exact) mass is 479 g/mol. The summed E-state index contributed by atoms with van der Waals surface area (Å²) in [5.74, 6) is 0.0522. The van der Waals surface area contributed by atoms with Crippen molar-refractivity contribution in [1.29, 1.82) is 0 Å². The standard InChI is InChI=1S/C25H41N3O4S/c1-10-17-11-13-18(14-12-17)20(21(29)27-24(2,3)4)28(8)22(30)19(15-16-33-9)26-23(31)32-25(5,6)7/h11-14,19-20H,10,15-16H2,1-9H3,(H,26,31)(H,27,29). The van der Waals surface area contributed by atoms with Crippen LogP contribution in [-0.4, -0.2) is 59.0 Å². The summed E-state index contributed by atoms with van der Waals surface area (Å²) in [4.78, 5) is 40.6. The molecule has 0 fully saturated rings. The van der Waals surface area contributed by atoms with E-state index in [0.29, 0.717) is 17.7 Å². The van der Waals surface area contributed by atoms with Gasteiger partial charge in [0.2, 0.25) is 11.8 Å². The summed E-state index contributed by atoms with van der Waals surface area (Å²) >= 11 is 1.58. The van der Waals surface area contributed by atoms with Crippen LogP contribution in [-0.2, 0) is 20.7 Å². The number of nitrogens with zero attached hydrogens (tertiary/aromatic N) is 1. The van der Waals surface area contributed by atoms with Gasteiger partial charge in [0.05, 0.1) is 0 Å². The number of thioether (sulfide) groups is 1. The molecule has 2 unspecified atom stereocenters. The fourth-order valence-electron chi connectivity index (χ4n) is 3.24. The minimum atomic E-state index is -0.833. The molecule has 186 valence electrons. The number of ether oxygens (including phenoxy) is 1. The summed E-state index contributed by atoms with van der Waals surface area (Å²) in [5.41, 5.74) is 0.715. The second-order valence-electron chi connectivity index (χ2n) is 10.2. The van der Waals surface area contributed by atoms with Crippen LogP contribution in [0.25, 0.3) is 0 Å². The summed E-state index contributed by atoms with van der Waals surface area (Å²) in [6.45, 7) is 13.1. The highest BCUT2D eigenvalue weighted by molar-refractivity contribution is 7.98. The number of likely N-dealkylation sites (N-methyl/N-ethyl adjacent to an activating group) is 1. The van der Waals surface area contributed by atoms with Gasteiger partial charge in [-0.15, -0.1) is 0 Å². The third-order valence-electron chi connectivity index (χ3n) is 4.78. The van der Waals surface area contributed by atoms with Gasteiger partial charge in [-0.25, -0.2) is 4.79 Å². The quantitative estimate of drug-likeness (QED) is 0.551. The third kappa shape index (κ3) is 10.1. The van der Waals surface area contributed by atoms with Crippen molar-refractivity contribution in [2.24, 2.45) is 0 Å². The van der Waals surface area contributed by atoms with E-state index in [2.05, 4.69) is 17.6 Å². The molecule has 7 nitrogen and oxygen atoms in total. The molecule has 0 radical (unpaired) electrons. The highest BCUT2D eigenvalue weighted by atomic mass is 32.2. The number of amides is 3. The second-order valence-corrected chi connectivity index (χ2v) is 11.2. The number of aryl methyl sites for hydroxylation is 1. The van der Waals surface area contributed by atoms with Crippen LogP contribution >= 0.6 is 11.8 Å². The molecule has 0 aromatic heterocycles. The Bertz CT molecular complexity index is 797. The van der Waals surface area contributed by atoms with E-state index in [4.69, 9.17) is 4.74 Å². The van der Waals surface area contributed by atoms with Gasteiger partial charge in [-0.3, -0.25) is 9.59 Å². The normalized spacial score (nSPS) is 13.6. The molecule has 2 N–H and O–H groups in total. The molecular formula is C25H41N3O4S. The van der Waals surface area contributed by atoms with Crippen LogP contribution in [0.1, 0.15) is 72.1 Å². The Morgan fingerprint density at radius 2 is 1.64 bits per heavy atom. The first-order chi connectivity index (χ1) is 15.2. The van der Waals surface area contributed by atoms with Crippen molar-refractivity contribution in [3.8, 4) is 0 Å². The van der Waals surface area contributed by atoms with Crippen LogP contribution in [0.15, 0.2) is 24.3 Å². The summed E-state index contributed by atoms with van der Waals surface area (Å²) in [5, 5.41) is 5.69. The van der Waals surface area contributed by atoms with E-state index >= 15 is 0 Å². The lowest BCUT2D eigenvalue weighted by Gasteiger charge is -2.33. The topological polar surface area (TPSA) is 87.7 Å². The van der Waals surface area contributed by atoms with Crippen molar-refractivity contribution < 1.29 is 19.1 Å². The zero-order chi connectivity index (χ0) is 25.4. The fourth-order valence-corrected chi connectivity index (χ4v) is 3.71. The van der Waals surface area contributed by atoms with Gasteiger partial charge < -0.3 is 20.3 Å². The van der Waals surface area contributed by atoms with Gasteiger partial charge in [0, 0.05) is 12.6 Å². The molecule has 8 heteroatoms. The Hall–Kier alpha value is -2.22. The maximum atomic E-state index is 13.5. The van der Waals surface area contributed by atoms with Gasteiger partial charge in [-0.2, -0.15) is 11.8 Å². The van der Waals surface area contributed by atoms with Crippen molar-refractivity contribution in [3.63, 3.8) is 0 Å². The molecule has 1 aromatic rings. The summed E-state index contributed by atoms with van der Waals surface area (Å²) in [7, 11) is 1.60. The Labute approximate surface area is 203 Å². The SMILES string of the molecule is CCc1ccc(C(C(=O)NC(C)(C)C)N(C)C(=O)C(CCSC)NC(=O)OC(C)(C)C)cc1. The van der Waals surface area contributed by atoms with E-state index in [1.165, 1.54) is 4.90 Å². The first-order valence-corrected chi connectivity index (χ1v) is 12.7. The largest absolute Gasteiger partial charge is 0.444 e. The Morgan fingerprint density at radius 1 is 1.06 bits per heavy atom. The van der Waals surface area contributed by atoms with Crippen LogP contribution in [0.4, 0.5) is 4.79 Å². The molecule has 0 aliphatic carbocycles. The number of carbonyl (C=O) groups is 3. The Morgan fingerprint density at radius 3 is 2.09 bits per heavy atom. The Balaban J connectivity index is 3.25. The van der Waals surface area contributed by atoms with E-state index < -0.39 is 29.3 Å². The van der Waals surface area contributed by atoms with E-state index in [-0.39, 0.29) is 11.8 Å². The number of alkyl carbamates (subject to hydrolysis) is 1. The number of nitrogens with one attached hydrogen (secondary N) is 2. The summed E-state index contributed by atoms with van der Waals surface area (Å²) in [6, 6.07) is 6.06. The van der Waals surface area contributed by atoms with E-state index in [0.717, 1.165) is 12.0 Å². The predicted molar refractivity (Wildman–Crippen MR) is 135 cm³/mol. The van der Waals surface area contributed by atoms with Gasteiger partial charge >= 0.3 is 6.09 Å². The molecule has 1 rings (SSSR count). The number of hydrogen-bond acceptors (Lipinski definition) is 5. The maximum absolute atomic E-state index is 13.5. The maximum Gasteiger partial charge on any atom is 0.408 e. The van der Waals surface area contributed by atoms with Crippen molar-refractivity contribution in [1.82, 2.24) is 15.5 Å². The first kappa shape index (κ1) is 28.8. The Kier molecular flexibility index (Phi) is 10.7. The molecule has 0 bridgehead atoms. The second kappa shape index (κ2) is 12.3. The molecule has 1 aromatic carbocycles. The van der Waals surface area contributed by atoms with Gasteiger partial charge in [-0.05, 0) is 77.5 Å². The predicted octanol–water partition coefficient (Wildman–Crippen LogP) is 4.31. The third-order valence-corrected chi connectivity index (χ3v) is 5.43. The zero-order valence-electron chi connectivity index (χ0n) is 21.6. The number of rotatable bonds is 9. The molecule has 0 heterocycles. The molecule has 0 saturated heterocycles. The average molecular weight is 480 g/mol.